The van der Waals surface area contributed by atoms with Gasteiger partial charge in [-0.3, -0.25) is 4.79 Å². The van der Waals surface area contributed by atoms with E-state index in [-0.39, 0.29) is 36.2 Å². The number of aliphatic hydroxyl groups excluding tert-OH is 1. The van der Waals surface area contributed by atoms with E-state index in [1.54, 1.807) is 0 Å². The quantitative estimate of drug-likeness (QED) is 0.164. The first-order valence-electron chi connectivity index (χ1n) is 15.4. The summed E-state index contributed by atoms with van der Waals surface area (Å²) in [5.41, 5.74) is 4.33. The number of carbonyl (C=O) groups is 1. The highest BCUT2D eigenvalue weighted by atomic mass is 19.1. The smallest absolute Gasteiger partial charge is 0.224 e. The van der Waals surface area contributed by atoms with Crippen molar-refractivity contribution in [3.63, 3.8) is 0 Å². The summed E-state index contributed by atoms with van der Waals surface area (Å²) in [6.07, 6.45) is 6.24. The first-order valence-corrected chi connectivity index (χ1v) is 15.4. The summed E-state index contributed by atoms with van der Waals surface area (Å²) in [4.78, 5) is 16.5. The lowest BCUT2D eigenvalue weighted by Gasteiger charge is -2.41. The van der Waals surface area contributed by atoms with E-state index in [2.05, 4.69) is 60.7 Å². The Hall–Kier alpha value is -3.55. The highest BCUT2D eigenvalue weighted by Crippen LogP contribution is 2.38. The van der Waals surface area contributed by atoms with Gasteiger partial charge in [-0.05, 0) is 65.1 Å². The van der Waals surface area contributed by atoms with E-state index in [0.717, 1.165) is 48.2 Å². The highest BCUT2D eigenvalue weighted by Gasteiger charge is 2.35. The summed E-state index contributed by atoms with van der Waals surface area (Å²) in [6.45, 7) is 6.83. The molecule has 1 aliphatic rings. The summed E-state index contributed by atoms with van der Waals surface area (Å²) in [6, 6.07) is 19.0. The monoisotopic (exact) mass is 587 g/mol. The van der Waals surface area contributed by atoms with Gasteiger partial charge >= 0.3 is 0 Å². The van der Waals surface area contributed by atoms with E-state index >= 15 is 0 Å². The van der Waals surface area contributed by atoms with Crippen LogP contribution in [0.5, 0.6) is 0 Å². The number of para-hydroxylation sites is 1. The molecule has 2 atom stereocenters. The fourth-order valence-electron chi connectivity index (χ4n) is 6.42. The van der Waals surface area contributed by atoms with Gasteiger partial charge in [-0.15, -0.1) is 0 Å². The highest BCUT2D eigenvalue weighted by molar-refractivity contribution is 5.89. The average molecular weight is 588 g/mol. The summed E-state index contributed by atoms with van der Waals surface area (Å²) < 4.78 is 28.2. The van der Waals surface area contributed by atoms with Crippen LogP contribution < -0.4 is 10.6 Å². The molecule has 3 aromatic carbocycles. The van der Waals surface area contributed by atoms with Gasteiger partial charge in [-0.1, -0.05) is 82.5 Å². The molecule has 43 heavy (non-hydrogen) atoms. The van der Waals surface area contributed by atoms with Crippen LogP contribution in [-0.4, -0.2) is 34.7 Å². The van der Waals surface area contributed by atoms with Gasteiger partial charge in [0, 0.05) is 35.2 Å². The molecule has 0 bridgehead atoms. The van der Waals surface area contributed by atoms with Gasteiger partial charge in [0.25, 0.3) is 0 Å². The van der Waals surface area contributed by atoms with Gasteiger partial charge in [0.15, 0.2) is 0 Å². The molecule has 5 nitrogen and oxygen atoms in total. The van der Waals surface area contributed by atoms with E-state index in [9.17, 15) is 18.7 Å². The normalized spacial score (nSPS) is 16.6. The number of halogens is 2. The Morgan fingerprint density at radius 2 is 1.70 bits per heavy atom. The van der Waals surface area contributed by atoms with Crippen molar-refractivity contribution >= 4 is 16.8 Å². The maximum Gasteiger partial charge on any atom is 0.224 e. The number of carbonyl (C=O) groups excluding carboxylic acids is 1. The van der Waals surface area contributed by atoms with Crippen LogP contribution >= 0.6 is 0 Å². The van der Waals surface area contributed by atoms with Crippen molar-refractivity contribution in [2.75, 3.05) is 6.54 Å². The van der Waals surface area contributed by atoms with E-state index < -0.39 is 23.8 Å². The van der Waals surface area contributed by atoms with E-state index in [1.807, 2.05) is 30.5 Å². The zero-order valence-corrected chi connectivity index (χ0v) is 25.4. The Morgan fingerprint density at radius 3 is 2.42 bits per heavy atom. The molecule has 1 saturated carbocycles. The molecule has 228 valence electrons. The first-order chi connectivity index (χ1) is 20.5. The minimum absolute atomic E-state index is 0.00574. The van der Waals surface area contributed by atoms with E-state index in [4.69, 9.17) is 0 Å². The molecule has 7 heteroatoms. The Labute approximate surface area is 253 Å². The summed E-state index contributed by atoms with van der Waals surface area (Å²) in [5.74, 6) is -1.64. The first kappa shape index (κ1) is 30.9. The van der Waals surface area contributed by atoms with Gasteiger partial charge < -0.3 is 20.7 Å². The SMILES string of the molecule is CC(C)(C)c1cccc(C2(NCC(O)C(Cc3cc(F)cc(F)c3)NC(=O)Cc3c[nH]c4ccccc34)CCCCC2)c1. The third-order valence-corrected chi connectivity index (χ3v) is 8.85. The summed E-state index contributed by atoms with van der Waals surface area (Å²) in [7, 11) is 0. The number of aliphatic hydroxyl groups is 1. The van der Waals surface area contributed by atoms with Crippen molar-refractivity contribution in [1.82, 2.24) is 15.6 Å². The zero-order valence-electron chi connectivity index (χ0n) is 25.4. The zero-order chi connectivity index (χ0) is 30.6. The van der Waals surface area contributed by atoms with Crippen molar-refractivity contribution in [1.29, 1.82) is 0 Å². The molecular weight excluding hydrogens is 544 g/mol. The van der Waals surface area contributed by atoms with Crippen molar-refractivity contribution in [2.24, 2.45) is 0 Å². The van der Waals surface area contributed by atoms with E-state index in [0.29, 0.717) is 5.56 Å². The number of aromatic nitrogens is 1. The van der Waals surface area contributed by atoms with Crippen LogP contribution in [0.2, 0.25) is 0 Å². The second kappa shape index (κ2) is 13.0. The van der Waals surface area contributed by atoms with E-state index in [1.165, 1.54) is 29.7 Å². The molecule has 1 fully saturated rings. The topological polar surface area (TPSA) is 77.2 Å². The van der Waals surface area contributed by atoms with Crippen LogP contribution in [0.3, 0.4) is 0 Å². The predicted octanol–water partition coefficient (Wildman–Crippen LogP) is 6.82. The van der Waals surface area contributed by atoms with Crippen molar-refractivity contribution in [2.45, 2.75) is 88.8 Å². The number of rotatable bonds is 10. The summed E-state index contributed by atoms with van der Waals surface area (Å²) >= 11 is 0. The molecule has 1 heterocycles. The van der Waals surface area contributed by atoms with Crippen molar-refractivity contribution < 1.29 is 18.7 Å². The largest absolute Gasteiger partial charge is 0.390 e. The number of hydrogen-bond acceptors (Lipinski definition) is 3. The second-order valence-electron chi connectivity index (χ2n) is 13.1. The molecule has 4 aromatic rings. The predicted molar refractivity (Wildman–Crippen MR) is 168 cm³/mol. The average Bonchev–Trinajstić information content (AvgIpc) is 3.37. The number of benzene rings is 3. The molecule has 1 aliphatic carbocycles. The van der Waals surface area contributed by atoms with Crippen LogP contribution in [0, 0.1) is 11.6 Å². The Kier molecular flexibility index (Phi) is 9.33. The molecule has 5 rings (SSSR count). The van der Waals surface area contributed by atoms with Gasteiger partial charge in [-0.25, -0.2) is 8.78 Å². The number of aromatic amines is 1. The number of nitrogens with one attached hydrogen (secondary N) is 3. The van der Waals surface area contributed by atoms with Crippen LogP contribution in [0.1, 0.15) is 75.1 Å². The minimum Gasteiger partial charge on any atom is -0.390 e. The molecule has 0 radical (unpaired) electrons. The van der Waals surface area contributed by atoms with Crippen LogP contribution in [0.15, 0.2) is 72.9 Å². The standard InChI is InChI=1S/C36H43F2N3O2/c1-35(2,3)26-10-9-11-27(20-26)36(14-7-4-8-15-36)40-23-33(42)32(18-24-16-28(37)21-29(38)17-24)41-34(43)19-25-22-39-31-13-6-5-12-30(25)31/h5-6,9-13,16-17,20-22,32-33,39-40,42H,4,7-8,14-15,18-19,23H2,1-3H3,(H,41,43). The maximum atomic E-state index is 14.1. The lowest BCUT2D eigenvalue weighted by molar-refractivity contribution is -0.122. The molecule has 0 aliphatic heterocycles. The fraction of sp³-hybridized carbons (Fsp3) is 0.417. The molecule has 1 aromatic heterocycles. The van der Waals surface area contributed by atoms with Crippen molar-refractivity contribution in [3.05, 3.63) is 107 Å². The molecule has 1 amide bonds. The van der Waals surface area contributed by atoms with Gasteiger partial charge in [0.1, 0.15) is 11.6 Å². The van der Waals surface area contributed by atoms with Gasteiger partial charge in [-0.2, -0.15) is 0 Å². The number of H-pyrrole nitrogens is 1. The molecular formula is C36H43F2N3O2. The van der Waals surface area contributed by atoms with Crippen LogP contribution in [-0.2, 0) is 28.6 Å². The Balaban J connectivity index is 1.36. The molecule has 4 N–H and O–H groups in total. The third-order valence-electron chi connectivity index (χ3n) is 8.85. The van der Waals surface area contributed by atoms with Crippen LogP contribution in [0.25, 0.3) is 10.9 Å². The fourth-order valence-corrected chi connectivity index (χ4v) is 6.42. The lowest BCUT2D eigenvalue weighted by Crippen LogP contribution is -2.53. The van der Waals surface area contributed by atoms with Crippen LogP contribution in [0.4, 0.5) is 8.78 Å². The van der Waals surface area contributed by atoms with Gasteiger partial charge in [0.05, 0.1) is 18.6 Å². The van der Waals surface area contributed by atoms with Crippen molar-refractivity contribution in [3.8, 4) is 0 Å². The minimum atomic E-state index is -0.997. The van der Waals surface area contributed by atoms with Gasteiger partial charge in [0.2, 0.25) is 5.91 Å². The maximum absolute atomic E-state index is 14.1. The molecule has 0 saturated heterocycles. The molecule has 2 unspecified atom stereocenters. The molecule has 0 spiro atoms. The Bertz CT molecular complexity index is 1530. The number of hydrogen-bond donors (Lipinski definition) is 4. The lowest BCUT2D eigenvalue weighted by atomic mass is 9.74. The third kappa shape index (κ3) is 7.51. The number of fused-ring (bicyclic) bond motifs is 1. The second-order valence-corrected chi connectivity index (χ2v) is 13.1. The summed E-state index contributed by atoms with van der Waals surface area (Å²) in [5, 5.41) is 19.2. The number of amides is 1. The Morgan fingerprint density at radius 1 is 0.977 bits per heavy atom.